The summed E-state index contributed by atoms with van der Waals surface area (Å²) in [5.74, 6) is 0.325. The quantitative estimate of drug-likeness (QED) is 0.620. The third kappa shape index (κ3) is 1.19. The van der Waals surface area contributed by atoms with Crippen LogP contribution >= 0.6 is 24.0 Å². The first-order valence-corrected chi connectivity index (χ1v) is 4.85. The van der Waals surface area contributed by atoms with E-state index in [-0.39, 0.29) is 0 Å². The number of hydrogen-bond acceptors (Lipinski definition) is 3. The summed E-state index contributed by atoms with van der Waals surface area (Å²) in [7, 11) is 0. The third-order valence-corrected chi connectivity index (χ3v) is 3.27. The summed E-state index contributed by atoms with van der Waals surface area (Å²) in [6.45, 7) is 1.99. The molecule has 0 radical (unpaired) electrons. The molecule has 0 fully saturated rings. The maximum Gasteiger partial charge on any atom is 0.116 e. The minimum atomic E-state index is 0.325. The van der Waals surface area contributed by atoms with Crippen molar-refractivity contribution in [2.45, 2.75) is 11.1 Å². The zero-order valence-corrected chi connectivity index (χ0v) is 8.25. The molecule has 1 aromatic heterocycles. The molecule has 2 rings (SSSR count). The van der Waals surface area contributed by atoms with E-state index in [9.17, 15) is 5.11 Å². The van der Waals surface area contributed by atoms with Crippen LogP contribution < -0.4 is 0 Å². The molecule has 0 aliphatic rings. The molecule has 0 unspecified atom stereocenters. The van der Waals surface area contributed by atoms with Crippen LogP contribution in [0.25, 0.3) is 10.1 Å². The molecule has 3 heteroatoms. The molecule has 0 spiro atoms. The minimum Gasteiger partial charge on any atom is -0.508 e. The summed E-state index contributed by atoms with van der Waals surface area (Å²) in [4.78, 5) is 0. The average molecular weight is 196 g/mol. The molecular weight excluding hydrogens is 188 g/mol. The maximum atomic E-state index is 9.30. The smallest absolute Gasteiger partial charge is 0.116 e. The summed E-state index contributed by atoms with van der Waals surface area (Å²) < 4.78 is 2.19. The number of rotatable bonds is 0. The van der Waals surface area contributed by atoms with Crippen LogP contribution in [0.15, 0.2) is 22.4 Å². The standard InChI is InChI=1S/C9H8OS2/c1-5-2-7(10)3-6-4-8(11)12-9(5)6/h2-4,10-11H,1H3. The van der Waals surface area contributed by atoms with Crippen molar-refractivity contribution in [2.24, 2.45) is 0 Å². The summed E-state index contributed by atoms with van der Waals surface area (Å²) in [5, 5.41) is 10.4. The molecule has 0 aliphatic heterocycles. The van der Waals surface area contributed by atoms with Crippen molar-refractivity contribution < 1.29 is 5.11 Å². The van der Waals surface area contributed by atoms with Gasteiger partial charge >= 0.3 is 0 Å². The van der Waals surface area contributed by atoms with Gasteiger partial charge in [-0.3, -0.25) is 0 Å². The average Bonchev–Trinajstić information content (AvgIpc) is 2.29. The second-order valence-electron chi connectivity index (χ2n) is 2.77. The van der Waals surface area contributed by atoms with Gasteiger partial charge in [0.05, 0.1) is 4.21 Å². The van der Waals surface area contributed by atoms with Crippen molar-refractivity contribution in [2.75, 3.05) is 0 Å². The van der Waals surface area contributed by atoms with Gasteiger partial charge in [0.1, 0.15) is 5.75 Å². The minimum absolute atomic E-state index is 0.325. The van der Waals surface area contributed by atoms with E-state index in [0.717, 1.165) is 15.2 Å². The lowest BCUT2D eigenvalue weighted by Gasteiger charge is -1.96. The molecule has 0 bridgehead atoms. The van der Waals surface area contributed by atoms with Crippen molar-refractivity contribution in [3.8, 4) is 5.75 Å². The van der Waals surface area contributed by atoms with Crippen molar-refractivity contribution >= 4 is 34.1 Å². The second-order valence-corrected chi connectivity index (χ2v) is 4.60. The number of thiol groups is 1. The van der Waals surface area contributed by atoms with Gasteiger partial charge in [0.2, 0.25) is 0 Å². The van der Waals surface area contributed by atoms with E-state index in [1.54, 1.807) is 23.5 Å². The molecule has 12 heavy (non-hydrogen) atoms. The van der Waals surface area contributed by atoms with E-state index >= 15 is 0 Å². The van der Waals surface area contributed by atoms with Crippen LogP contribution in [0.2, 0.25) is 0 Å². The van der Waals surface area contributed by atoms with Crippen LogP contribution in [0, 0.1) is 6.92 Å². The van der Waals surface area contributed by atoms with Gasteiger partial charge in [-0.15, -0.1) is 24.0 Å². The first-order chi connectivity index (χ1) is 5.66. The zero-order chi connectivity index (χ0) is 8.72. The van der Waals surface area contributed by atoms with Gasteiger partial charge < -0.3 is 5.11 Å². The van der Waals surface area contributed by atoms with Crippen LogP contribution in [-0.4, -0.2) is 5.11 Å². The number of phenolic OH excluding ortho intramolecular Hbond substituents is 1. The summed E-state index contributed by atoms with van der Waals surface area (Å²) >= 11 is 5.90. The predicted octanol–water partition coefficient (Wildman–Crippen LogP) is 3.20. The Bertz CT molecular complexity index is 431. The Kier molecular flexibility index (Phi) is 1.77. The van der Waals surface area contributed by atoms with E-state index < -0.39 is 0 Å². The van der Waals surface area contributed by atoms with Gasteiger partial charge in [-0.05, 0) is 36.1 Å². The van der Waals surface area contributed by atoms with Crippen molar-refractivity contribution in [1.82, 2.24) is 0 Å². The molecule has 1 heterocycles. The number of fused-ring (bicyclic) bond motifs is 1. The number of benzene rings is 1. The summed E-state index contributed by atoms with van der Waals surface area (Å²) in [5.41, 5.74) is 1.11. The van der Waals surface area contributed by atoms with Gasteiger partial charge in [0.25, 0.3) is 0 Å². The number of thiophene rings is 1. The molecule has 1 N–H and O–H groups in total. The van der Waals surface area contributed by atoms with Crippen LogP contribution in [0.4, 0.5) is 0 Å². The van der Waals surface area contributed by atoms with Gasteiger partial charge in [0, 0.05) is 4.70 Å². The number of hydrogen-bond donors (Lipinski definition) is 2. The Balaban J connectivity index is 2.88. The monoisotopic (exact) mass is 196 g/mol. The van der Waals surface area contributed by atoms with Crippen LogP contribution in [0.3, 0.4) is 0 Å². The largest absolute Gasteiger partial charge is 0.508 e. The fourth-order valence-corrected chi connectivity index (χ4v) is 2.56. The first-order valence-electron chi connectivity index (χ1n) is 3.59. The Hall–Kier alpha value is -0.670. The van der Waals surface area contributed by atoms with Gasteiger partial charge in [-0.25, -0.2) is 0 Å². The van der Waals surface area contributed by atoms with Gasteiger partial charge in [0.15, 0.2) is 0 Å². The highest BCUT2D eigenvalue weighted by molar-refractivity contribution is 7.83. The molecule has 0 saturated heterocycles. The highest BCUT2D eigenvalue weighted by Gasteiger charge is 2.03. The van der Waals surface area contributed by atoms with Crippen molar-refractivity contribution in [3.05, 3.63) is 23.8 Å². The Morgan fingerprint density at radius 3 is 2.83 bits per heavy atom. The molecule has 0 atom stereocenters. The molecule has 0 saturated carbocycles. The van der Waals surface area contributed by atoms with E-state index in [2.05, 4.69) is 12.6 Å². The highest BCUT2D eigenvalue weighted by Crippen LogP contribution is 2.33. The molecule has 1 aromatic carbocycles. The van der Waals surface area contributed by atoms with E-state index in [0.29, 0.717) is 5.75 Å². The number of aryl methyl sites for hydroxylation is 1. The van der Waals surface area contributed by atoms with Crippen LogP contribution in [-0.2, 0) is 0 Å². The fourth-order valence-electron chi connectivity index (χ4n) is 1.30. The first kappa shape index (κ1) is 7.95. The SMILES string of the molecule is Cc1cc(O)cc2cc(S)sc12. The summed E-state index contributed by atoms with van der Waals surface area (Å²) in [6.07, 6.45) is 0. The lowest BCUT2D eigenvalue weighted by atomic mass is 10.2. The molecule has 1 nitrogen and oxygen atoms in total. The van der Waals surface area contributed by atoms with Gasteiger partial charge in [-0.2, -0.15) is 0 Å². The second kappa shape index (κ2) is 2.68. The third-order valence-electron chi connectivity index (χ3n) is 1.77. The van der Waals surface area contributed by atoms with E-state index in [1.165, 1.54) is 4.70 Å². The topological polar surface area (TPSA) is 20.2 Å². The molecule has 62 valence electrons. The summed E-state index contributed by atoms with van der Waals surface area (Å²) in [6, 6.07) is 5.50. The van der Waals surface area contributed by atoms with Gasteiger partial charge in [-0.1, -0.05) is 0 Å². The maximum absolute atomic E-state index is 9.30. The van der Waals surface area contributed by atoms with Crippen molar-refractivity contribution in [1.29, 1.82) is 0 Å². The van der Waals surface area contributed by atoms with Crippen molar-refractivity contribution in [3.63, 3.8) is 0 Å². The Labute approximate surface area is 80.1 Å². The molecular formula is C9H8OS2. The normalized spacial score (nSPS) is 10.8. The lowest BCUT2D eigenvalue weighted by molar-refractivity contribution is 0.476. The van der Waals surface area contributed by atoms with Crippen LogP contribution in [0.1, 0.15) is 5.56 Å². The zero-order valence-electron chi connectivity index (χ0n) is 6.53. The lowest BCUT2D eigenvalue weighted by Crippen LogP contribution is -1.71. The highest BCUT2D eigenvalue weighted by atomic mass is 32.2. The fraction of sp³-hybridized carbons (Fsp3) is 0.111. The molecule has 2 aromatic rings. The van der Waals surface area contributed by atoms with Crippen LogP contribution in [0.5, 0.6) is 5.75 Å². The number of phenols is 1. The number of aromatic hydroxyl groups is 1. The Morgan fingerprint density at radius 2 is 2.08 bits per heavy atom. The predicted molar refractivity (Wildman–Crippen MR) is 55.5 cm³/mol. The van der Waals surface area contributed by atoms with E-state index in [4.69, 9.17) is 0 Å². The molecule has 0 aliphatic carbocycles. The van der Waals surface area contributed by atoms with E-state index in [1.807, 2.05) is 13.0 Å². The molecule has 0 amide bonds. The Morgan fingerprint density at radius 1 is 1.33 bits per heavy atom.